The van der Waals surface area contributed by atoms with Crippen LogP contribution in [0, 0.1) is 0 Å². The summed E-state index contributed by atoms with van der Waals surface area (Å²) in [7, 11) is -2.86. The van der Waals surface area contributed by atoms with E-state index in [-0.39, 0.29) is 5.75 Å². The van der Waals surface area contributed by atoms with E-state index in [9.17, 15) is 8.42 Å². The second kappa shape index (κ2) is 5.58. The molecule has 1 heterocycles. The van der Waals surface area contributed by atoms with Gasteiger partial charge in [-0.25, -0.2) is 12.8 Å². The van der Waals surface area contributed by atoms with Crippen LogP contribution in [0.1, 0.15) is 11.8 Å². The van der Waals surface area contributed by atoms with Crippen molar-refractivity contribution in [1.82, 2.24) is 9.27 Å². The molecule has 0 aliphatic carbocycles. The number of sulfone groups is 1. The Hall–Kier alpha value is -0.460. The Balaban J connectivity index is 2.43. The second-order valence-electron chi connectivity index (χ2n) is 3.48. The largest absolute Gasteiger partial charge is 0.297 e. The van der Waals surface area contributed by atoms with Crippen molar-refractivity contribution in [3.8, 4) is 0 Å². The van der Waals surface area contributed by atoms with Crippen LogP contribution in [0.4, 0.5) is 0 Å². The van der Waals surface area contributed by atoms with Gasteiger partial charge in [-0.15, -0.1) is 0 Å². The number of aromatic nitrogens is 1. The molecule has 15 heavy (non-hydrogen) atoms. The maximum atomic E-state index is 11.0. The zero-order chi connectivity index (χ0) is 11.3. The lowest BCUT2D eigenvalue weighted by molar-refractivity contribution is 0.299. The highest BCUT2D eigenvalue weighted by Gasteiger charge is 2.08. The number of nitrogens with zero attached hydrogens (tertiary/aromatic N) is 2. The highest BCUT2D eigenvalue weighted by molar-refractivity contribution is 7.90. The normalized spacial score (nSPS) is 12.2. The summed E-state index contributed by atoms with van der Waals surface area (Å²) in [6.45, 7) is 4.26. The van der Waals surface area contributed by atoms with Crippen molar-refractivity contribution < 1.29 is 8.42 Å². The molecule has 0 aromatic carbocycles. The minimum Gasteiger partial charge on any atom is -0.297 e. The van der Waals surface area contributed by atoms with Crippen LogP contribution in [-0.4, -0.2) is 42.8 Å². The molecule has 1 aromatic heterocycles. The molecular formula is C9H16N2O2S2. The summed E-state index contributed by atoms with van der Waals surface area (Å²) in [5.41, 5.74) is 0. The molecule has 0 atom stereocenters. The number of hydrogen-bond donors (Lipinski definition) is 0. The quantitative estimate of drug-likeness (QED) is 0.754. The van der Waals surface area contributed by atoms with Crippen molar-refractivity contribution in [3.05, 3.63) is 17.1 Å². The Labute approximate surface area is 95.0 Å². The first-order valence-corrected chi connectivity index (χ1v) is 7.64. The van der Waals surface area contributed by atoms with Gasteiger partial charge in [0.25, 0.3) is 0 Å². The third-order valence-electron chi connectivity index (χ3n) is 2.10. The first-order chi connectivity index (χ1) is 7.01. The molecule has 0 amide bonds. The lowest BCUT2D eigenvalue weighted by atomic mass is 10.4. The van der Waals surface area contributed by atoms with E-state index in [4.69, 9.17) is 0 Å². The van der Waals surface area contributed by atoms with Gasteiger partial charge in [-0.2, -0.15) is 0 Å². The molecule has 0 radical (unpaired) electrons. The van der Waals surface area contributed by atoms with E-state index < -0.39 is 9.84 Å². The lowest BCUT2D eigenvalue weighted by Crippen LogP contribution is -2.28. The van der Waals surface area contributed by atoms with Crippen molar-refractivity contribution in [2.24, 2.45) is 0 Å². The van der Waals surface area contributed by atoms with Gasteiger partial charge < -0.3 is 0 Å². The highest BCUT2D eigenvalue weighted by Crippen LogP contribution is 2.08. The number of rotatable bonds is 6. The van der Waals surface area contributed by atoms with E-state index in [1.54, 1.807) is 6.20 Å². The van der Waals surface area contributed by atoms with Crippen LogP contribution in [-0.2, 0) is 16.4 Å². The van der Waals surface area contributed by atoms with Crippen LogP contribution in [0.15, 0.2) is 12.3 Å². The molecule has 0 spiro atoms. The van der Waals surface area contributed by atoms with Crippen molar-refractivity contribution in [3.63, 3.8) is 0 Å². The van der Waals surface area contributed by atoms with Gasteiger partial charge in [0.1, 0.15) is 9.84 Å². The van der Waals surface area contributed by atoms with Crippen LogP contribution in [0.3, 0.4) is 0 Å². The van der Waals surface area contributed by atoms with Gasteiger partial charge in [0, 0.05) is 30.4 Å². The summed E-state index contributed by atoms with van der Waals surface area (Å²) >= 11 is 1.46. The van der Waals surface area contributed by atoms with Gasteiger partial charge in [-0.1, -0.05) is 6.92 Å². The first kappa shape index (κ1) is 12.6. The summed E-state index contributed by atoms with van der Waals surface area (Å²) in [6, 6.07) is 1.97. The SMILES string of the molecule is CCN(CCS(C)(=O)=O)Cc1ccns1. The average Bonchev–Trinajstić information content (AvgIpc) is 2.63. The molecule has 1 rings (SSSR count). The van der Waals surface area contributed by atoms with Gasteiger partial charge in [0.15, 0.2) is 0 Å². The lowest BCUT2D eigenvalue weighted by Gasteiger charge is -2.18. The zero-order valence-electron chi connectivity index (χ0n) is 9.01. The molecule has 0 bridgehead atoms. The fraction of sp³-hybridized carbons (Fsp3) is 0.667. The molecule has 0 saturated heterocycles. The monoisotopic (exact) mass is 248 g/mol. The Morgan fingerprint density at radius 3 is 2.73 bits per heavy atom. The molecule has 0 saturated carbocycles. The van der Waals surface area contributed by atoms with Crippen LogP contribution in [0.25, 0.3) is 0 Å². The molecule has 0 N–H and O–H groups in total. The van der Waals surface area contributed by atoms with Crippen molar-refractivity contribution in [2.45, 2.75) is 13.5 Å². The Bertz CT molecular complexity index is 373. The fourth-order valence-electron chi connectivity index (χ4n) is 1.19. The standard InChI is InChI=1S/C9H16N2O2S2/c1-3-11(6-7-15(2,12)13)8-9-4-5-10-14-9/h4-5H,3,6-8H2,1-2H3. The molecular weight excluding hydrogens is 232 g/mol. The average molecular weight is 248 g/mol. The maximum absolute atomic E-state index is 11.0. The van der Waals surface area contributed by atoms with Crippen LogP contribution < -0.4 is 0 Å². The minimum absolute atomic E-state index is 0.222. The van der Waals surface area contributed by atoms with E-state index in [1.807, 2.05) is 13.0 Å². The molecule has 86 valence electrons. The smallest absolute Gasteiger partial charge is 0.148 e. The van der Waals surface area contributed by atoms with E-state index in [0.29, 0.717) is 6.54 Å². The third-order valence-corrected chi connectivity index (χ3v) is 3.75. The molecule has 0 fully saturated rings. The van der Waals surface area contributed by atoms with E-state index in [0.717, 1.165) is 13.1 Å². The van der Waals surface area contributed by atoms with Crippen LogP contribution in [0.2, 0.25) is 0 Å². The predicted molar refractivity (Wildman–Crippen MR) is 62.8 cm³/mol. The maximum Gasteiger partial charge on any atom is 0.148 e. The molecule has 4 nitrogen and oxygen atoms in total. The van der Waals surface area contributed by atoms with Crippen LogP contribution >= 0.6 is 11.5 Å². The summed E-state index contributed by atoms with van der Waals surface area (Å²) in [5, 5.41) is 0. The molecule has 0 aliphatic rings. The summed E-state index contributed by atoms with van der Waals surface area (Å²) in [4.78, 5) is 3.28. The summed E-state index contributed by atoms with van der Waals surface area (Å²) < 4.78 is 26.1. The minimum atomic E-state index is -2.86. The van der Waals surface area contributed by atoms with Gasteiger partial charge >= 0.3 is 0 Å². The first-order valence-electron chi connectivity index (χ1n) is 4.81. The number of hydrogen-bond acceptors (Lipinski definition) is 5. The second-order valence-corrected chi connectivity index (χ2v) is 6.65. The predicted octanol–water partition coefficient (Wildman–Crippen LogP) is 1.01. The van der Waals surface area contributed by atoms with Gasteiger partial charge in [0.05, 0.1) is 5.75 Å². The van der Waals surface area contributed by atoms with Gasteiger partial charge in [-0.05, 0) is 24.1 Å². The Kier molecular flexibility index (Phi) is 4.69. The molecule has 0 unspecified atom stereocenters. The van der Waals surface area contributed by atoms with Gasteiger partial charge in [-0.3, -0.25) is 4.90 Å². The van der Waals surface area contributed by atoms with E-state index >= 15 is 0 Å². The zero-order valence-corrected chi connectivity index (χ0v) is 10.6. The van der Waals surface area contributed by atoms with Crippen molar-refractivity contribution in [1.29, 1.82) is 0 Å². The highest BCUT2D eigenvalue weighted by atomic mass is 32.2. The fourth-order valence-corrected chi connectivity index (χ4v) is 2.40. The van der Waals surface area contributed by atoms with E-state index in [1.165, 1.54) is 22.7 Å². The van der Waals surface area contributed by atoms with E-state index in [2.05, 4.69) is 9.27 Å². The van der Waals surface area contributed by atoms with Gasteiger partial charge in [0.2, 0.25) is 0 Å². The molecule has 6 heteroatoms. The third kappa shape index (κ3) is 5.25. The van der Waals surface area contributed by atoms with Crippen molar-refractivity contribution in [2.75, 3.05) is 25.1 Å². The Morgan fingerprint density at radius 1 is 1.53 bits per heavy atom. The summed E-state index contributed by atoms with van der Waals surface area (Å²) in [5.74, 6) is 0.222. The Morgan fingerprint density at radius 2 is 2.27 bits per heavy atom. The molecule has 0 aliphatic heterocycles. The molecule has 1 aromatic rings. The summed E-state index contributed by atoms with van der Waals surface area (Å²) in [6.07, 6.45) is 3.04. The van der Waals surface area contributed by atoms with Crippen molar-refractivity contribution >= 4 is 21.4 Å². The van der Waals surface area contributed by atoms with Crippen LogP contribution in [0.5, 0.6) is 0 Å². The topological polar surface area (TPSA) is 50.3 Å².